The second-order valence-corrected chi connectivity index (χ2v) is 5.27. The third-order valence-electron chi connectivity index (χ3n) is 3.53. The summed E-state index contributed by atoms with van der Waals surface area (Å²) >= 11 is 6.01. The first-order valence-electron chi connectivity index (χ1n) is 6.51. The van der Waals surface area contributed by atoms with Crippen LogP contribution in [0.1, 0.15) is 29.4 Å². The lowest BCUT2D eigenvalue weighted by molar-refractivity contribution is 0.533. The van der Waals surface area contributed by atoms with Crippen molar-refractivity contribution < 1.29 is 0 Å². The van der Waals surface area contributed by atoms with E-state index in [0.29, 0.717) is 6.04 Å². The maximum atomic E-state index is 6.01. The molecule has 1 heterocycles. The summed E-state index contributed by atoms with van der Waals surface area (Å²) in [6.45, 7) is 2.10. The molecule has 0 amide bonds. The molecule has 0 bridgehead atoms. The Morgan fingerprint density at radius 3 is 2.79 bits per heavy atom. The van der Waals surface area contributed by atoms with Gasteiger partial charge in [-0.05, 0) is 43.7 Å². The highest BCUT2D eigenvalue weighted by molar-refractivity contribution is 6.30. The monoisotopic (exact) mass is 277 g/mol. The fraction of sp³-hybridized carbons (Fsp3) is 0.400. The van der Waals surface area contributed by atoms with Gasteiger partial charge in [-0.1, -0.05) is 17.7 Å². The lowest BCUT2D eigenvalue weighted by Crippen LogP contribution is -2.18. The fourth-order valence-electron chi connectivity index (χ4n) is 2.40. The highest BCUT2D eigenvalue weighted by Crippen LogP contribution is 2.24. The van der Waals surface area contributed by atoms with Crippen molar-refractivity contribution in [2.24, 2.45) is 7.05 Å². The van der Waals surface area contributed by atoms with E-state index in [4.69, 9.17) is 11.6 Å². The molecule has 4 heteroatoms. The molecule has 0 aliphatic rings. The second-order valence-electron chi connectivity index (χ2n) is 4.84. The number of aryl methyl sites for hydroxylation is 3. The van der Waals surface area contributed by atoms with E-state index in [1.54, 1.807) is 0 Å². The summed E-state index contributed by atoms with van der Waals surface area (Å²) < 4.78 is 2.07. The zero-order chi connectivity index (χ0) is 13.8. The van der Waals surface area contributed by atoms with Crippen LogP contribution < -0.4 is 5.32 Å². The third-order valence-corrected chi connectivity index (χ3v) is 3.77. The number of aromatic nitrogens is 2. The van der Waals surface area contributed by atoms with Crippen molar-refractivity contribution in [1.82, 2.24) is 14.9 Å². The molecule has 19 heavy (non-hydrogen) atoms. The summed E-state index contributed by atoms with van der Waals surface area (Å²) in [6, 6.07) is 6.41. The van der Waals surface area contributed by atoms with Gasteiger partial charge in [-0.25, -0.2) is 4.98 Å². The molecule has 2 aromatic rings. The standard InChI is InChI=1S/C15H20ClN3/c1-11-10-12(16)4-5-13(11)14(17-2)6-7-15-18-8-9-19(15)3/h4-5,8-10,14,17H,6-7H2,1-3H3. The molecule has 1 unspecified atom stereocenters. The number of nitrogens with one attached hydrogen (secondary N) is 1. The summed E-state index contributed by atoms with van der Waals surface area (Å²) in [4.78, 5) is 4.37. The summed E-state index contributed by atoms with van der Waals surface area (Å²) in [7, 11) is 4.03. The van der Waals surface area contributed by atoms with Gasteiger partial charge >= 0.3 is 0 Å². The maximum absolute atomic E-state index is 6.01. The SMILES string of the molecule is CNC(CCc1nccn1C)c1ccc(Cl)cc1C. The number of nitrogens with zero attached hydrogens (tertiary/aromatic N) is 2. The van der Waals surface area contributed by atoms with E-state index in [9.17, 15) is 0 Å². The highest BCUT2D eigenvalue weighted by atomic mass is 35.5. The van der Waals surface area contributed by atoms with Crippen molar-refractivity contribution in [2.75, 3.05) is 7.05 Å². The Balaban J connectivity index is 2.10. The summed E-state index contributed by atoms with van der Waals surface area (Å²) in [6.07, 6.45) is 5.80. The Kier molecular flexibility index (Phi) is 4.61. The topological polar surface area (TPSA) is 29.9 Å². The molecule has 1 N–H and O–H groups in total. The molecule has 0 fully saturated rings. The van der Waals surface area contributed by atoms with Gasteiger partial charge in [0.25, 0.3) is 0 Å². The number of benzene rings is 1. The minimum Gasteiger partial charge on any atom is -0.338 e. The summed E-state index contributed by atoms with van der Waals surface area (Å²) in [5.41, 5.74) is 2.53. The zero-order valence-corrected chi connectivity index (χ0v) is 12.4. The van der Waals surface area contributed by atoms with Crippen molar-refractivity contribution in [3.8, 4) is 0 Å². The van der Waals surface area contributed by atoms with E-state index in [-0.39, 0.29) is 0 Å². The van der Waals surface area contributed by atoms with Gasteiger partial charge in [-0.15, -0.1) is 0 Å². The molecule has 0 radical (unpaired) electrons. The maximum Gasteiger partial charge on any atom is 0.108 e. The van der Waals surface area contributed by atoms with Crippen LogP contribution in [-0.2, 0) is 13.5 Å². The van der Waals surface area contributed by atoms with Crippen LogP contribution in [0.15, 0.2) is 30.6 Å². The number of imidazole rings is 1. The van der Waals surface area contributed by atoms with Gasteiger partial charge in [0.15, 0.2) is 0 Å². The van der Waals surface area contributed by atoms with E-state index in [2.05, 4.69) is 27.9 Å². The van der Waals surface area contributed by atoms with Gasteiger partial charge in [-0.2, -0.15) is 0 Å². The highest BCUT2D eigenvalue weighted by Gasteiger charge is 2.13. The van der Waals surface area contributed by atoms with Crippen molar-refractivity contribution in [1.29, 1.82) is 0 Å². The predicted molar refractivity (Wildman–Crippen MR) is 79.5 cm³/mol. The minimum absolute atomic E-state index is 0.328. The van der Waals surface area contributed by atoms with E-state index >= 15 is 0 Å². The molecule has 0 saturated carbocycles. The number of hydrogen-bond acceptors (Lipinski definition) is 2. The van der Waals surface area contributed by atoms with Crippen LogP contribution in [0.3, 0.4) is 0 Å². The van der Waals surface area contributed by atoms with Crippen molar-refractivity contribution in [3.63, 3.8) is 0 Å². The van der Waals surface area contributed by atoms with Gasteiger partial charge in [0.1, 0.15) is 5.82 Å². The predicted octanol–water partition coefficient (Wildman–Crippen LogP) is 3.28. The van der Waals surface area contributed by atoms with Gasteiger partial charge < -0.3 is 9.88 Å². The van der Waals surface area contributed by atoms with Gasteiger partial charge in [0.05, 0.1) is 0 Å². The number of halogens is 1. The molecule has 1 atom stereocenters. The molecule has 0 aliphatic carbocycles. The lowest BCUT2D eigenvalue weighted by atomic mass is 9.97. The van der Waals surface area contributed by atoms with Crippen LogP contribution >= 0.6 is 11.6 Å². The average Bonchev–Trinajstić information content (AvgIpc) is 2.78. The zero-order valence-electron chi connectivity index (χ0n) is 11.7. The van der Waals surface area contributed by atoms with Crippen LogP contribution in [0.5, 0.6) is 0 Å². The number of rotatable bonds is 5. The van der Waals surface area contributed by atoms with Gasteiger partial charge in [0.2, 0.25) is 0 Å². The summed E-state index contributed by atoms with van der Waals surface area (Å²) in [5.74, 6) is 1.12. The Morgan fingerprint density at radius 2 is 2.21 bits per heavy atom. The first kappa shape index (κ1) is 14.1. The van der Waals surface area contributed by atoms with E-state index in [0.717, 1.165) is 23.7 Å². The van der Waals surface area contributed by atoms with Crippen molar-refractivity contribution >= 4 is 11.6 Å². The lowest BCUT2D eigenvalue weighted by Gasteiger charge is -2.19. The molecular formula is C15H20ClN3. The van der Waals surface area contributed by atoms with Crippen LogP contribution in [-0.4, -0.2) is 16.6 Å². The Labute approximate surface area is 119 Å². The molecule has 0 spiro atoms. The Bertz CT molecular complexity index is 548. The van der Waals surface area contributed by atoms with Crippen molar-refractivity contribution in [3.05, 3.63) is 52.6 Å². The number of hydrogen-bond donors (Lipinski definition) is 1. The van der Waals surface area contributed by atoms with Crippen molar-refractivity contribution in [2.45, 2.75) is 25.8 Å². The minimum atomic E-state index is 0.328. The molecule has 0 saturated heterocycles. The largest absolute Gasteiger partial charge is 0.338 e. The molecular weight excluding hydrogens is 258 g/mol. The smallest absolute Gasteiger partial charge is 0.108 e. The van der Waals surface area contributed by atoms with Crippen LogP contribution in [0.2, 0.25) is 5.02 Å². The quantitative estimate of drug-likeness (QED) is 0.909. The second kappa shape index (κ2) is 6.22. The van der Waals surface area contributed by atoms with E-state index < -0.39 is 0 Å². The molecule has 102 valence electrons. The van der Waals surface area contributed by atoms with Crippen LogP contribution in [0.4, 0.5) is 0 Å². The molecule has 2 rings (SSSR count). The first-order chi connectivity index (χ1) is 9.11. The van der Waals surface area contributed by atoms with E-state index in [1.165, 1.54) is 11.1 Å². The van der Waals surface area contributed by atoms with E-state index in [1.807, 2.05) is 38.6 Å². The molecule has 0 aliphatic heterocycles. The molecule has 3 nitrogen and oxygen atoms in total. The first-order valence-corrected chi connectivity index (χ1v) is 6.89. The third kappa shape index (κ3) is 3.37. The normalized spacial score (nSPS) is 12.6. The van der Waals surface area contributed by atoms with Gasteiger partial charge in [0, 0.05) is 36.9 Å². The Morgan fingerprint density at radius 1 is 1.42 bits per heavy atom. The Hall–Kier alpha value is -1.32. The fourth-order valence-corrected chi connectivity index (χ4v) is 2.62. The molecule has 1 aromatic heterocycles. The average molecular weight is 278 g/mol. The molecule has 1 aromatic carbocycles. The summed E-state index contributed by atoms with van der Waals surface area (Å²) in [5, 5.41) is 4.17. The van der Waals surface area contributed by atoms with Crippen LogP contribution in [0, 0.1) is 6.92 Å². The van der Waals surface area contributed by atoms with Crippen LogP contribution in [0.25, 0.3) is 0 Å². The van der Waals surface area contributed by atoms with Gasteiger partial charge in [-0.3, -0.25) is 0 Å².